The van der Waals surface area contributed by atoms with Crippen LogP contribution >= 0.6 is 11.6 Å². The van der Waals surface area contributed by atoms with Crippen molar-refractivity contribution in [2.24, 2.45) is 0 Å². The lowest BCUT2D eigenvalue weighted by Crippen LogP contribution is -2.15. The number of para-hydroxylation sites is 1. The molecule has 0 fully saturated rings. The summed E-state index contributed by atoms with van der Waals surface area (Å²) in [6, 6.07) is 8.38. The molecule has 6 heteroatoms. The minimum atomic E-state index is -0.307. The first-order chi connectivity index (χ1) is 10.0. The Balaban J connectivity index is 2.30. The SMILES string of the molecule is CCOc1c(N)cccc1C(=O)Nc1ccc(Cl)nc1C. The number of nitrogens with one attached hydrogen (secondary N) is 1. The van der Waals surface area contributed by atoms with E-state index in [1.807, 2.05) is 6.92 Å². The number of ether oxygens (including phenoxy) is 1. The smallest absolute Gasteiger partial charge is 0.259 e. The van der Waals surface area contributed by atoms with Gasteiger partial charge in [-0.25, -0.2) is 4.98 Å². The van der Waals surface area contributed by atoms with Crippen LogP contribution in [0.15, 0.2) is 30.3 Å². The molecule has 0 bridgehead atoms. The fraction of sp³-hybridized carbons (Fsp3) is 0.200. The van der Waals surface area contributed by atoms with E-state index in [1.54, 1.807) is 37.3 Å². The van der Waals surface area contributed by atoms with E-state index in [-0.39, 0.29) is 5.91 Å². The number of aryl methyl sites for hydroxylation is 1. The summed E-state index contributed by atoms with van der Waals surface area (Å²) in [6.45, 7) is 4.03. The molecule has 2 rings (SSSR count). The maximum atomic E-state index is 12.4. The molecule has 21 heavy (non-hydrogen) atoms. The number of halogens is 1. The number of rotatable bonds is 4. The van der Waals surface area contributed by atoms with Crippen molar-refractivity contribution >= 4 is 28.9 Å². The number of nitrogens with zero attached hydrogens (tertiary/aromatic N) is 1. The van der Waals surface area contributed by atoms with Crippen molar-refractivity contribution in [3.05, 3.63) is 46.7 Å². The summed E-state index contributed by atoms with van der Waals surface area (Å²) in [5, 5.41) is 3.16. The van der Waals surface area contributed by atoms with Crippen LogP contribution in [-0.4, -0.2) is 17.5 Å². The van der Waals surface area contributed by atoms with Gasteiger partial charge in [0.1, 0.15) is 5.15 Å². The highest BCUT2D eigenvalue weighted by Gasteiger charge is 2.16. The first-order valence-corrected chi connectivity index (χ1v) is 6.86. The van der Waals surface area contributed by atoms with Gasteiger partial charge in [-0.15, -0.1) is 0 Å². The van der Waals surface area contributed by atoms with Crippen molar-refractivity contribution in [3.8, 4) is 5.75 Å². The van der Waals surface area contributed by atoms with Gasteiger partial charge < -0.3 is 15.8 Å². The van der Waals surface area contributed by atoms with Crippen LogP contribution in [-0.2, 0) is 0 Å². The summed E-state index contributed by atoms with van der Waals surface area (Å²) in [6.07, 6.45) is 0. The quantitative estimate of drug-likeness (QED) is 0.671. The Morgan fingerprint density at radius 1 is 1.38 bits per heavy atom. The van der Waals surface area contributed by atoms with Gasteiger partial charge in [-0.2, -0.15) is 0 Å². The van der Waals surface area contributed by atoms with Gasteiger partial charge in [-0.05, 0) is 38.1 Å². The molecular formula is C15H16ClN3O2. The van der Waals surface area contributed by atoms with E-state index in [2.05, 4.69) is 10.3 Å². The number of nitrogen functional groups attached to an aromatic ring is 1. The third kappa shape index (κ3) is 3.44. The zero-order valence-corrected chi connectivity index (χ0v) is 12.6. The standard InChI is InChI=1S/C15H16ClN3O2/c1-3-21-14-10(5-4-6-11(14)17)15(20)19-12-7-8-13(16)18-9(12)2/h4-8H,3,17H2,1-2H3,(H,19,20). The second kappa shape index (κ2) is 6.45. The number of carbonyl (C=O) groups is 1. The molecule has 5 nitrogen and oxygen atoms in total. The van der Waals surface area contributed by atoms with Crippen LogP contribution in [0.25, 0.3) is 0 Å². The average molecular weight is 306 g/mol. The number of carbonyl (C=O) groups excluding carboxylic acids is 1. The molecule has 0 aliphatic carbocycles. The first kappa shape index (κ1) is 15.1. The van der Waals surface area contributed by atoms with Crippen LogP contribution in [0.4, 0.5) is 11.4 Å². The minimum Gasteiger partial charge on any atom is -0.491 e. The van der Waals surface area contributed by atoms with Crippen molar-refractivity contribution in [2.45, 2.75) is 13.8 Å². The molecule has 0 unspecified atom stereocenters. The third-order valence-electron chi connectivity index (χ3n) is 2.88. The highest BCUT2D eigenvalue weighted by molar-refractivity contribution is 6.29. The molecule has 0 spiro atoms. The lowest BCUT2D eigenvalue weighted by Gasteiger charge is -2.13. The van der Waals surface area contributed by atoms with Gasteiger partial charge in [0.15, 0.2) is 5.75 Å². The number of anilines is 2. The molecule has 110 valence electrons. The molecule has 1 amide bonds. The molecule has 0 aliphatic rings. The summed E-state index contributed by atoms with van der Waals surface area (Å²) < 4.78 is 5.45. The van der Waals surface area contributed by atoms with Crippen molar-refractivity contribution in [2.75, 3.05) is 17.7 Å². The van der Waals surface area contributed by atoms with Crippen molar-refractivity contribution in [3.63, 3.8) is 0 Å². The number of nitrogens with two attached hydrogens (primary N) is 1. The van der Waals surface area contributed by atoms with E-state index in [1.165, 1.54) is 0 Å². The Hall–Kier alpha value is -2.27. The predicted molar refractivity (Wildman–Crippen MR) is 84.0 cm³/mol. The molecule has 0 atom stereocenters. The van der Waals surface area contributed by atoms with Gasteiger partial charge in [0.2, 0.25) is 0 Å². The second-order valence-electron chi connectivity index (χ2n) is 4.38. The first-order valence-electron chi connectivity index (χ1n) is 6.48. The number of hydrogen-bond donors (Lipinski definition) is 2. The fourth-order valence-corrected chi connectivity index (χ4v) is 2.08. The predicted octanol–water partition coefficient (Wildman–Crippen LogP) is 3.28. The third-order valence-corrected chi connectivity index (χ3v) is 3.09. The van der Waals surface area contributed by atoms with Gasteiger partial charge in [0.05, 0.1) is 29.2 Å². The van der Waals surface area contributed by atoms with Crippen LogP contribution in [0.1, 0.15) is 23.0 Å². The Morgan fingerprint density at radius 3 is 2.81 bits per heavy atom. The minimum absolute atomic E-state index is 0.307. The summed E-state index contributed by atoms with van der Waals surface area (Å²) in [7, 11) is 0. The summed E-state index contributed by atoms with van der Waals surface area (Å²) in [5.41, 5.74) is 7.89. The van der Waals surface area contributed by atoms with E-state index >= 15 is 0 Å². The van der Waals surface area contributed by atoms with Crippen LogP contribution in [0, 0.1) is 6.92 Å². The number of aromatic nitrogens is 1. The lowest BCUT2D eigenvalue weighted by atomic mass is 10.1. The van der Waals surface area contributed by atoms with Gasteiger partial charge in [-0.1, -0.05) is 17.7 Å². The van der Waals surface area contributed by atoms with Crippen LogP contribution in [0.3, 0.4) is 0 Å². The highest BCUT2D eigenvalue weighted by Crippen LogP contribution is 2.27. The van der Waals surface area contributed by atoms with E-state index in [0.29, 0.717) is 40.1 Å². The van der Waals surface area contributed by atoms with E-state index in [0.717, 1.165) is 0 Å². The fourth-order valence-electron chi connectivity index (χ4n) is 1.89. The number of benzene rings is 1. The van der Waals surface area contributed by atoms with Crippen molar-refractivity contribution < 1.29 is 9.53 Å². The Bertz CT molecular complexity index is 674. The molecule has 0 aliphatic heterocycles. The average Bonchev–Trinajstić information content (AvgIpc) is 2.44. The molecule has 1 aromatic heterocycles. The maximum Gasteiger partial charge on any atom is 0.259 e. The Labute approximate surface area is 128 Å². The zero-order chi connectivity index (χ0) is 15.4. The lowest BCUT2D eigenvalue weighted by molar-refractivity contribution is 0.102. The second-order valence-corrected chi connectivity index (χ2v) is 4.77. The van der Waals surface area contributed by atoms with Gasteiger partial charge in [0, 0.05) is 0 Å². The van der Waals surface area contributed by atoms with Crippen LogP contribution in [0.2, 0.25) is 5.15 Å². The number of hydrogen-bond acceptors (Lipinski definition) is 4. The van der Waals surface area contributed by atoms with E-state index in [4.69, 9.17) is 22.1 Å². The topological polar surface area (TPSA) is 77.2 Å². The summed E-state index contributed by atoms with van der Waals surface area (Å²) in [5.74, 6) is 0.0787. The monoisotopic (exact) mass is 305 g/mol. The number of pyridine rings is 1. The molecule has 2 aromatic rings. The Kier molecular flexibility index (Phi) is 4.65. The van der Waals surface area contributed by atoms with Crippen molar-refractivity contribution in [1.82, 2.24) is 4.98 Å². The zero-order valence-electron chi connectivity index (χ0n) is 11.8. The summed E-state index contributed by atoms with van der Waals surface area (Å²) >= 11 is 5.80. The van der Waals surface area contributed by atoms with Gasteiger partial charge in [-0.3, -0.25) is 4.79 Å². The Morgan fingerprint density at radius 2 is 2.14 bits per heavy atom. The molecule has 0 radical (unpaired) electrons. The summed E-state index contributed by atoms with van der Waals surface area (Å²) in [4.78, 5) is 16.5. The normalized spacial score (nSPS) is 10.2. The number of amides is 1. The molecule has 1 heterocycles. The maximum absolute atomic E-state index is 12.4. The molecule has 0 saturated heterocycles. The van der Waals surface area contributed by atoms with Crippen molar-refractivity contribution in [1.29, 1.82) is 0 Å². The van der Waals surface area contributed by atoms with Crippen LogP contribution < -0.4 is 15.8 Å². The van der Waals surface area contributed by atoms with Gasteiger partial charge >= 0.3 is 0 Å². The van der Waals surface area contributed by atoms with Crippen LogP contribution in [0.5, 0.6) is 5.75 Å². The molecule has 1 aromatic carbocycles. The molecular weight excluding hydrogens is 290 g/mol. The molecule has 0 saturated carbocycles. The van der Waals surface area contributed by atoms with E-state index < -0.39 is 0 Å². The molecule has 3 N–H and O–H groups in total. The van der Waals surface area contributed by atoms with E-state index in [9.17, 15) is 4.79 Å². The van der Waals surface area contributed by atoms with Gasteiger partial charge in [0.25, 0.3) is 5.91 Å². The highest BCUT2D eigenvalue weighted by atomic mass is 35.5. The largest absolute Gasteiger partial charge is 0.491 e.